The monoisotopic (exact) mass is 208 g/mol. The molecule has 7 heteroatoms. The molecule has 3 N–H and O–H groups in total. The molecule has 0 bridgehead atoms. The van der Waals surface area contributed by atoms with Gasteiger partial charge in [-0.15, -0.1) is 0 Å². The van der Waals surface area contributed by atoms with Crippen molar-refractivity contribution in [3.63, 3.8) is 0 Å². The lowest BCUT2D eigenvalue weighted by Gasteiger charge is -2.20. The molecule has 0 saturated heterocycles. The molecule has 66 valence electrons. The summed E-state index contributed by atoms with van der Waals surface area (Å²) in [6, 6.07) is 1.25. The molecule has 12 heavy (non-hydrogen) atoms. The number of nitrogens with zero attached hydrogens (tertiary/aromatic N) is 1. The van der Waals surface area contributed by atoms with Crippen LogP contribution in [0.15, 0.2) is 12.3 Å². The Bertz CT molecular complexity index is 301. The predicted octanol–water partition coefficient (Wildman–Crippen LogP) is -0.489. The molecule has 4 nitrogen and oxygen atoms in total. The van der Waals surface area contributed by atoms with Gasteiger partial charge in [-0.05, 0) is 11.7 Å². The molecule has 0 radical (unpaired) electrons. The van der Waals surface area contributed by atoms with Gasteiger partial charge < -0.3 is 15.1 Å². The van der Waals surface area contributed by atoms with Gasteiger partial charge >= 0.3 is 6.75 Å². The van der Waals surface area contributed by atoms with Crippen LogP contribution in [-0.2, 0) is 0 Å². The Labute approximate surface area is 78.4 Å². The van der Waals surface area contributed by atoms with E-state index in [-0.39, 0.29) is 15.6 Å². The third-order valence-corrected chi connectivity index (χ3v) is 1.71. The molecule has 0 aliphatic rings. The standard InChI is InChI=1S/C5H5BCl2NO3/c7-3-1-4(8)5(9-2-3)6(10,11)12/h1-2,10-12H/q-1. The second-order valence-corrected chi connectivity index (χ2v) is 3.10. The number of hydrogen-bond donors (Lipinski definition) is 3. The van der Waals surface area contributed by atoms with E-state index in [0.29, 0.717) is 0 Å². The van der Waals surface area contributed by atoms with Crippen molar-refractivity contribution in [2.45, 2.75) is 0 Å². The van der Waals surface area contributed by atoms with Crippen molar-refractivity contribution in [1.82, 2.24) is 4.98 Å². The largest absolute Gasteiger partial charge is 0.555 e. The van der Waals surface area contributed by atoms with Gasteiger partial charge in [-0.3, -0.25) is 4.98 Å². The number of aromatic nitrogens is 1. The lowest BCUT2D eigenvalue weighted by atomic mass is 9.75. The lowest BCUT2D eigenvalue weighted by Crippen LogP contribution is -2.51. The number of pyridine rings is 1. The van der Waals surface area contributed by atoms with Crippen molar-refractivity contribution in [2.75, 3.05) is 0 Å². The lowest BCUT2D eigenvalue weighted by molar-refractivity contribution is 0.248. The van der Waals surface area contributed by atoms with E-state index in [2.05, 4.69) is 4.98 Å². The van der Waals surface area contributed by atoms with Gasteiger partial charge in [0.15, 0.2) is 0 Å². The van der Waals surface area contributed by atoms with E-state index < -0.39 is 6.75 Å². The molecule has 1 aromatic rings. The van der Waals surface area contributed by atoms with Crippen LogP contribution in [0.25, 0.3) is 0 Å². The van der Waals surface area contributed by atoms with Gasteiger partial charge in [-0.1, -0.05) is 23.2 Å². The smallest absolute Gasteiger partial charge is 0.422 e. The zero-order valence-corrected chi connectivity index (χ0v) is 7.29. The SMILES string of the molecule is O[B-](O)(O)c1ncc(Cl)cc1Cl. The molecule has 0 aliphatic carbocycles. The third-order valence-electron chi connectivity index (χ3n) is 1.20. The zero-order valence-electron chi connectivity index (χ0n) is 5.78. The van der Waals surface area contributed by atoms with Crippen molar-refractivity contribution in [3.8, 4) is 0 Å². The molecular weight excluding hydrogens is 204 g/mol. The summed E-state index contributed by atoms with van der Waals surface area (Å²) in [5.74, 6) is 0. The molecule has 0 atom stereocenters. The highest BCUT2D eigenvalue weighted by Crippen LogP contribution is 2.12. The van der Waals surface area contributed by atoms with Crippen LogP contribution < -0.4 is 5.59 Å². The minimum Gasteiger partial charge on any atom is -0.555 e. The number of halogens is 2. The summed E-state index contributed by atoms with van der Waals surface area (Å²) in [5, 5.41) is 26.4. The normalized spacial score (nSPS) is 11.8. The Hall–Kier alpha value is -0.325. The maximum atomic E-state index is 8.74. The van der Waals surface area contributed by atoms with E-state index in [1.165, 1.54) is 6.07 Å². The molecule has 1 heterocycles. The molecule has 0 aliphatic heterocycles. The fourth-order valence-corrected chi connectivity index (χ4v) is 1.24. The van der Waals surface area contributed by atoms with E-state index in [0.717, 1.165) is 6.20 Å². The Kier molecular flexibility index (Phi) is 2.60. The van der Waals surface area contributed by atoms with Crippen LogP contribution in [-0.4, -0.2) is 26.8 Å². The van der Waals surface area contributed by atoms with E-state index in [1.54, 1.807) is 0 Å². The highest BCUT2D eigenvalue weighted by molar-refractivity contribution is 6.73. The molecule has 0 unspecified atom stereocenters. The molecule has 0 amide bonds. The van der Waals surface area contributed by atoms with Gasteiger partial charge in [0.1, 0.15) is 0 Å². The molecule has 0 saturated carbocycles. The molecule has 0 fully saturated rings. The fourth-order valence-electron chi connectivity index (χ4n) is 0.710. The summed E-state index contributed by atoms with van der Waals surface area (Å²) < 4.78 is 0. The van der Waals surface area contributed by atoms with E-state index in [1.807, 2.05) is 0 Å². The summed E-state index contributed by atoms with van der Waals surface area (Å²) >= 11 is 11.0. The second-order valence-electron chi connectivity index (χ2n) is 2.25. The van der Waals surface area contributed by atoms with Gasteiger partial charge in [-0.25, -0.2) is 0 Å². The average molecular weight is 209 g/mol. The maximum Gasteiger partial charge on any atom is 0.422 e. The first-order chi connectivity index (χ1) is 5.41. The Balaban J connectivity index is 3.19. The van der Waals surface area contributed by atoms with E-state index >= 15 is 0 Å². The Morgan fingerprint density at radius 2 is 1.83 bits per heavy atom. The molecule has 0 spiro atoms. The quantitative estimate of drug-likeness (QED) is 0.545. The van der Waals surface area contributed by atoms with E-state index in [4.69, 9.17) is 38.3 Å². The van der Waals surface area contributed by atoms with Crippen LogP contribution in [0.3, 0.4) is 0 Å². The highest BCUT2D eigenvalue weighted by Gasteiger charge is 2.22. The first kappa shape index (κ1) is 9.76. The Morgan fingerprint density at radius 3 is 2.25 bits per heavy atom. The van der Waals surface area contributed by atoms with Gasteiger partial charge in [0, 0.05) is 11.2 Å². The number of hydrogen-bond acceptors (Lipinski definition) is 4. The molecular formula is C5H5BCl2NO3-. The summed E-state index contributed by atoms with van der Waals surface area (Å²) in [7, 11) is 0. The van der Waals surface area contributed by atoms with Crippen molar-refractivity contribution in [3.05, 3.63) is 22.3 Å². The van der Waals surface area contributed by atoms with E-state index in [9.17, 15) is 0 Å². The van der Waals surface area contributed by atoms with Crippen LogP contribution in [0, 0.1) is 0 Å². The Morgan fingerprint density at radius 1 is 1.25 bits per heavy atom. The van der Waals surface area contributed by atoms with Gasteiger partial charge in [0.2, 0.25) is 0 Å². The van der Waals surface area contributed by atoms with Crippen LogP contribution in [0.1, 0.15) is 0 Å². The molecule has 1 aromatic heterocycles. The molecule has 0 aromatic carbocycles. The van der Waals surface area contributed by atoms with Gasteiger partial charge in [-0.2, -0.15) is 0 Å². The van der Waals surface area contributed by atoms with Crippen LogP contribution in [0.4, 0.5) is 0 Å². The van der Waals surface area contributed by atoms with Crippen molar-refractivity contribution in [1.29, 1.82) is 0 Å². The zero-order chi connectivity index (χ0) is 9.35. The second kappa shape index (κ2) is 3.20. The summed E-state index contributed by atoms with van der Waals surface area (Å²) in [6.45, 7) is -3.65. The topological polar surface area (TPSA) is 73.6 Å². The average Bonchev–Trinajstić information content (AvgIpc) is 1.83. The summed E-state index contributed by atoms with van der Waals surface area (Å²) in [4.78, 5) is 3.46. The maximum absolute atomic E-state index is 8.74. The van der Waals surface area contributed by atoms with Crippen molar-refractivity contribution in [2.24, 2.45) is 0 Å². The first-order valence-electron chi connectivity index (χ1n) is 3.04. The fraction of sp³-hybridized carbons (Fsp3) is 0. The van der Waals surface area contributed by atoms with Crippen molar-refractivity contribution < 1.29 is 15.1 Å². The van der Waals surface area contributed by atoms with Crippen LogP contribution in [0.2, 0.25) is 10.0 Å². The minimum absolute atomic E-state index is 0.0880. The third kappa shape index (κ3) is 2.09. The van der Waals surface area contributed by atoms with Crippen molar-refractivity contribution >= 4 is 35.5 Å². The summed E-state index contributed by atoms with van der Waals surface area (Å²) in [6.07, 6.45) is 1.15. The number of rotatable bonds is 1. The minimum atomic E-state index is -3.65. The van der Waals surface area contributed by atoms with Gasteiger partial charge in [0.05, 0.1) is 5.02 Å². The summed E-state index contributed by atoms with van der Waals surface area (Å²) in [5.41, 5.74) is -0.388. The van der Waals surface area contributed by atoms with Gasteiger partial charge in [0.25, 0.3) is 0 Å². The highest BCUT2D eigenvalue weighted by atomic mass is 35.5. The molecule has 1 rings (SSSR count). The van der Waals surface area contributed by atoms with Crippen LogP contribution in [0.5, 0.6) is 0 Å². The predicted molar refractivity (Wildman–Crippen MR) is 46.3 cm³/mol. The first-order valence-corrected chi connectivity index (χ1v) is 3.79. The van der Waals surface area contributed by atoms with Crippen LogP contribution >= 0.6 is 23.2 Å².